The van der Waals surface area contributed by atoms with E-state index in [-0.39, 0.29) is 0 Å². The van der Waals surface area contributed by atoms with Crippen LogP contribution in [0.25, 0.3) is 0 Å². The van der Waals surface area contributed by atoms with Crippen molar-refractivity contribution in [1.82, 2.24) is 4.98 Å². The molecule has 0 bridgehead atoms. The molecule has 1 aliphatic carbocycles. The van der Waals surface area contributed by atoms with Gasteiger partial charge in [-0.25, -0.2) is 4.98 Å². The Morgan fingerprint density at radius 1 is 1.16 bits per heavy atom. The van der Waals surface area contributed by atoms with Crippen LogP contribution in [0.3, 0.4) is 0 Å². The van der Waals surface area contributed by atoms with Crippen LogP contribution in [0, 0.1) is 19.3 Å². The third-order valence-corrected chi connectivity index (χ3v) is 6.03. The molecule has 0 unspecified atom stereocenters. The molecule has 106 valence electrons. The van der Waals surface area contributed by atoms with Crippen LogP contribution in [-0.4, -0.2) is 16.5 Å². The quantitative estimate of drug-likeness (QED) is 0.473. The third-order valence-electron chi connectivity index (χ3n) is 4.10. The fourth-order valence-corrected chi connectivity index (χ4v) is 4.83. The number of pyridine rings is 1. The van der Waals surface area contributed by atoms with Gasteiger partial charge in [0, 0.05) is 11.4 Å². The number of thiol groups is 1. The van der Waals surface area contributed by atoms with Crippen molar-refractivity contribution < 1.29 is 0 Å². The lowest BCUT2D eigenvalue weighted by molar-refractivity contribution is 0.332. The van der Waals surface area contributed by atoms with E-state index in [4.69, 9.17) is 0 Å². The summed E-state index contributed by atoms with van der Waals surface area (Å²) in [6.45, 7) is 4.23. The van der Waals surface area contributed by atoms with Crippen LogP contribution in [0.5, 0.6) is 0 Å². The first kappa shape index (κ1) is 15.2. The fourth-order valence-electron chi connectivity index (χ4n) is 2.93. The van der Waals surface area contributed by atoms with Crippen molar-refractivity contribution in [3.05, 3.63) is 23.4 Å². The van der Waals surface area contributed by atoms with Crippen LogP contribution in [-0.2, 0) is 0 Å². The summed E-state index contributed by atoms with van der Waals surface area (Å²) in [7, 11) is 0. The van der Waals surface area contributed by atoms with Gasteiger partial charge in [0.1, 0.15) is 0 Å². The standard InChI is InChI=1S/C16H25NS2/c1-13-9-14(2)17-15(10-13)19-12-16(11-18)7-5-3-4-6-8-16/h9-10,18H,3-8,11-12H2,1-2H3. The Morgan fingerprint density at radius 3 is 2.42 bits per heavy atom. The molecule has 0 spiro atoms. The monoisotopic (exact) mass is 295 g/mol. The predicted octanol–water partition coefficient (Wildman–Crippen LogP) is 5.06. The highest BCUT2D eigenvalue weighted by Crippen LogP contribution is 2.40. The second-order valence-electron chi connectivity index (χ2n) is 5.99. The van der Waals surface area contributed by atoms with E-state index in [2.05, 4.69) is 43.6 Å². The van der Waals surface area contributed by atoms with Crippen molar-refractivity contribution in [2.45, 2.75) is 57.4 Å². The second-order valence-corrected chi connectivity index (χ2v) is 7.30. The van der Waals surface area contributed by atoms with Gasteiger partial charge < -0.3 is 0 Å². The Hall–Kier alpha value is -0.150. The van der Waals surface area contributed by atoms with E-state index in [9.17, 15) is 0 Å². The number of aryl methyl sites for hydroxylation is 2. The van der Waals surface area contributed by atoms with E-state index < -0.39 is 0 Å². The van der Waals surface area contributed by atoms with Gasteiger partial charge in [0.05, 0.1) is 5.03 Å². The second kappa shape index (κ2) is 7.03. The van der Waals surface area contributed by atoms with Gasteiger partial charge in [-0.1, -0.05) is 25.7 Å². The van der Waals surface area contributed by atoms with Crippen molar-refractivity contribution in [2.75, 3.05) is 11.5 Å². The van der Waals surface area contributed by atoms with Crippen LogP contribution in [0.2, 0.25) is 0 Å². The molecule has 0 N–H and O–H groups in total. The predicted molar refractivity (Wildman–Crippen MR) is 88.4 cm³/mol. The highest BCUT2D eigenvalue weighted by Gasteiger charge is 2.29. The van der Waals surface area contributed by atoms with Gasteiger partial charge in [-0.05, 0) is 55.6 Å². The molecule has 1 nitrogen and oxygen atoms in total. The number of hydrogen-bond acceptors (Lipinski definition) is 3. The summed E-state index contributed by atoms with van der Waals surface area (Å²) in [5, 5.41) is 1.18. The van der Waals surface area contributed by atoms with Crippen LogP contribution >= 0.6 is 24.4 Å². The molecule has 1 fully saturated rings. The molecule has 0 aromatic carbocycles. The van der Waals surface area contributed by atoms with Crippen LogP contribution in [0.1, 0.15) is 49.8 Å². The number of rotatable bonds is 4. The van der Waals surface area contributed by atoms with E-state index >= 15 is 0 Å². The summed E-state index contributed by atoms with van der Waals surface area (Å²) in [6.07, 6.45) is 8.25. The average Bonchev–Trinajstić information content (AvgIpc) is 2.61. The SMILES string of the molecule is Cc1cc(C)nc(SCC2(CS)CCCCCC2)c1. The van der Waals surface area contributed by atoms with E-state index in [1.54, 1.807) is 0 Å². The molecular formula is C16H25NS2. The minimum Gasteiger partial charge on any atom is -0.247 e. The lowest BCUT2D eigenvalue weighted by Gasteiger charge is -2.30. The largest absolute Gasteiger partial charge is 0.247 e. The minimum atomic E-state index is 0.434. The van der Waals surface area contributed by atoms with E-state index in [1.165, 1.54) is 54.9 Å². The Kier molecular flexibility index (Phi) is 5.64. The average molecular weight is 296 g/mol. The first-order valence-electron chi connectivity index (χ1n) is 7.33. The summed E-state index contributed by atoms with van der Waals surface area (Å²) in [5.74, 6) is 2.19. The van der Waals surface area contributed by atoms with Crippen molar-refractivity contribution in [3.8, 4) is 0 Å². The van der Waals surface area contributed by atoms with Crippen LogP contribution in [0.4, 0.5) is 0 Å². The fraction of sp³-hybridized carbons (Fsp3) is 0.688. The van der Waals surface area contributed by atoms with Crippen LogP contribution < -0.4 is 0 Å². The number of thioether (sulfide) groups is 1. The molecule has 1 saturated carbocycles. The van der Waals surface area contributed by atoms with E-state index in [1.807, 2.05) is 11.8 Å². The van der Waals surface area contributed by atoms with Gasteiger partial charge in [0.2, 0.25) is 0 Å². The molecule has 1 heterocycles. The highest BCUT2D eigenvalue weighted by molar-refractivity contribution is 7.99. The zero-order chi connectivity index (χ0) is 13.7. The topological polar surface area (TPSA) is 12.9 Å². The molecule has 0 saturated heterocycles. The zero-order valence-corrected chi connectivity index (χ0v) is 13.8. The summed E-state index contributed by atoms with van der Waals surface area (Å²) in [6, 6.07) is 4.35. The molecular weight excluding hydrogens is 270 g/mol. The first-order chi connectivity index (χ1) is 9.13. The summed E-state index contributed by atoms with van der Waals surface area (Å²) in [5.41, 5.74) is 2.88. The van der Waals surface area contributed by atoms with Crippen molar-refractivity contribution >= 4 is 24.4 Å². The van der Waals surface area contributed by atoms with Crippen LogP contribution in [0.15, 0.2) is 17.2 Å². The molecule has 0 radical (unpaired) electrons. The number of hydrogen-bond donors (Lipinski definition) is 1. The molecule has 3 heteroatoms. The summed E-state index contributed by atoms with van der Waals surface area (Å²) in [4.78, 5) is 4.65. The Balaban J connectivity index is 2.02. The summed E-state index contributed by atoms with van der Waals surface area (Å²) >= 11 is 6.58. The van der Waals surface area contributed by atoms with Crippen molar-refractivity contribution in [2.24, 2.45) is 5.41 Å². The van der Waals surface area contributed by atoms with E-state index in [0.29, 0.717) is 5.41 Å². The molecule has 0 amide bonds. The van der Waals surface area contributed by atoms with Crippen molar-refractivity contribution in [3.63, 3.8) is 0 Å². The zero-order valence-electron chi connectivity index (χ0n) is 12.1. The maximum absolute atomic E-state index is 4.65. The maximum Gasteiger partial charge on any atom is 0.0965 e. The molecule has 1 aromatic heterocycles. The molecule has 0 aliphatic heterocycles. The molecule has 1 aromatic rings. The lowest BCUT2D eigenvalue weighted by atomic mass is 9.84. The van der Waals surface area contributed by atoms with Gasteiger partial charge in [0.25, 0.3) is 0 Å². The normalized spacial score (nSPS) is 19.1. The number of nitrogens with zero attached hydrogens (tertiary/aromatic N) is 1. The van der Waals surface area contributed by atoms with Gasteiger partial charge in [-0.3, -0.25) is 0 Å². The highest BCUT2D eigenvalue weighted by atomic mass is 32.2. The van der Waals surface area contributed by atoms with Gasteiger partial charge in [0.15, 0.2) is 0 Å². The number of aromatic nitrogens is 1. The Morgan fingerprint density at radius 2 is 1.84 bits per heavy atom. The van der Waals surface area contributed by atoms with Gasteiger partial charge in [-0.15, -0.1) is 11.8 Å². The Labute approximate surface area is 127 Å². The smallest absolute Gasteiger partial charge is 0.0965 e. The van der Waals surface area contributed by atoms with Gasteiger partial charge >= 0.3 is 0 Å². The molecule has 19 heavy (non-hydrogen) atoms. The maximum atomic E-state index is 4.65. The third kappa shape index (κ3) is 4.42. The lowest BCUT2D eigenvalue weighted by Crippen LogP contribution is -2.25. The van der Waals surface area contributed by atoms with E-state index in [0.717, 1.165) is 11.4 Å². The summed E-state index contributed by atoms with van der Waals surface area (Å²) < 4.78 is 0. The molecule has 0 atom stereocenters. The molecule has 2 rings (SSSR count). The minimum absolute atomic E-state index is 0.434. The van der Waals surface area contributed by atoms with Crippen molar-refractivity contribution in [1.29, 1.82) is 0 Å². The first-order valence-corrected chi connectivity index (χ1v) is 8.94. The Bertz CT molecular complexity index is 389. The molecule has 1 aliphatic rings. The van der Waals surface area contributed by atoms with Gasteiger partial charge in [-0.2, -0.15) is 12.6 Å².